The summed E-state index contributed by atoms with van der Waals surface area (Å²) >= 11 is 1.09. The van der Waals surface area contributed by atoms with Crippen LogP contribution in [0.25, 0.3) is 10.6 Å². The summed E-state index contributed by atoms with van der Waals surface area (Å²) in [7, 11) is -0.808. The molecule has 0 spiro atoms. The summed E-state index contributed by atoms with van der Waals surface area (Å²) in [6, 6.07) is 8.08. The highest BCUT2D eigenvalue weighted by molar-refractivity contribution is 7.94. The highest BCUT2D eigenvalue weighted by atomic mass is 32.2. The Hall–Kier alpha value is -2.52. The topological polar surface area (TPSA) is 90.7 Å². The van der Waals surface area contributed by atoms with Crippen molar-refractivity contribution in [2.24, 2.45) is 0 Å². The van der Waals surface area contributed by atoms with Crippen LogP contribution >= 0.6 is 11.3 Å². The minimum absolute atomic E-state index is 0.154. The molecule has 0 unspecified atom stereocenters. The van der Waals surface area contributed by atoms with Crippen LogP contribution in [0.4, 0.5) is 5.69 Å². The quantitative estimate of drug-likeness (QED) is 0.703. The maximum Gasteiger partial charge on any atom is 0.271 e. The van der Waals surface area contributed by atoms with Gasteiger partial charge in [-0.25, -0.2) is 13.4 Å². The van der Waals surface area contributed by atoms with Crippen molar-refractivity contribution < 1.29 is 22.3 Å². The van der Waals surface area contributed by atoms with Gasteiger partial charge in [-0.05, 0) is 24.3 Å². The molecule has 0 radical (unpaired) electrons. The maximum atomic E-state index is 12.7. The van der Waals surface area contributed by atoms with E-state index in [9.17, 15) is 8.42 Å². The van der Waals surface area contributed by atoms with Crippen LogP contribution in [0.3, 0.4) is 0 Å². The molecular weight excluding hydrogens is 364 g/mol. The summed E-state index contributed by atoms with van der Waals surface area (Å²) in [6.45, 7) is 1.73. The predicted octanol–water partition coefficient (Wildman–Crippen LogP) is 3.53. The Labute approximate surface area is 149 Å². The summed E-state index contributed by atoms with van der Waals surface area (Å²) in [5.74, 6) is 1.96. The lowest BCUT2D eigenvalue weighted by atomic mass is 10.3. The Balaban J connectivity index is 1.91. The number of hydrogen-bond donors (Lipinski definition) is 1. The minimum atomic E-state index is -3.78. The first-order chi connectivity index (χ1) is 11.9. The first kappa shape index (κ1) is 17.3. The van der Waals surface area contributed by atoms with E-state index in [1.165, 1.54) is 20.3 Å². The summed E-state index contributed by atoms with van der Waals surface area (Å²) in [5.41, 5.74) is 0.298. The molecule has 0 aliphatic heterocycles. The van der Waals surface area contributed by atoms with E-state index in [4.69, 9.17) is 13.9 Å². The Morgan fingerprint density at radius 1 is 1.16 bits per heavy atom. The molecule has 0 bridgehead atoms. The number of benzene rings is 1. The van der Waals surface area contributed by atoms with Gasteiger partial charge in [0.2, 0.25) is 0 Å². The van der Waals surface area contributed by atoms with Crippen LogP contribution in [0, 0.1) is 6.92 Å². The van der Waals surface area contributed by atoms with E-state index in [0.717, 1.165) is 11.3 Å². The lowest BCUT2D eigenvalue weighted by Gasteiger charge is -2.12. The van der Waals surface area contributed by atoms with Gasteiger partial charge in [-0.3, -0.25) is 4.72 Å². The van der Waals surface area contributed by atoms with Gasteiger partial charge in [-0.1, -0.05) is 0 Å². The third-order valence-electron chi connectivity index (χ3n) is 3.36. The number of nitrogens with zero attached hydrogens (tertiary/aromatic N) is 1. The second-order valence-electron chi connectivity index (χ2n) is 5.03. The van der Waals surface area contributed by atoms with Crippen molar-refractivity contribution in [1.29, 1.82) is 0 Å². The molecule has 0 atom stereocenters. The Morgan fingerprint density at radius 3 is 2.60 bits per heavy atom. The van der Waals surface area contributed by atoms with Crippen LogP contribution in [0.2, 0.25) is 0 Å². The van der Waals surface area contributed by atoms with Crippen molar-refractivity contribution in [1.82, 2.24) is 4.98 Å². The Kier molecular flexibility index (Phi) is 4.69. The first-order valence-electron chi connectivity index (χ1n) is 7.20. The van der Waals surface area contributed by atoms with Gasteiger partial charge in [0.25, 0.3) is 10.0 Å². The number of aromatic nitrogens is 1. The Morgan fingerprint density at radius 2 is 1.96 bits per heavy atom. The van der Waals surface area contributed by atoms with Gasteiger partial charge in [0.15, 0.2) is 11.7 Å². The van der Waals surface area contributed by atoms with Gasteiger partial charge in [-0.2, -0.15) is 0 Å². The fourth-order valence-corrected chi connectivity index (χ4v) is 4.48. The molecule has 0 aliphatic carbocycles. The molecule has 1 N–H and O–H groups in total. The van der Waals surface area contributed by atoms with E-state index >= 15 is 0 Å². The second-order valence-corrected chi connectivity index (χ2v) is 8.03. The van der Waals surface area contributed by atoms with Crippen molar-refractivity contribution in [3.63, 3.8) is 0 Å². The van der Waals surface area contributed by atoms with Crippen LogP contribution in [-0.4, -0.2) is 27.6 Å². The molecule has 1 aromatic carbocycles. The summed E-state index contributed by atoms with van der Waals surface area (Å²) in [6.07, 6.45) is 1.57. The van der Waals surface area contributed by atoms with Gasteiger partial charge in [0, 0.05) is 13.0 Å². The zero-order valence-electron chi connectivity index (χ0n) is 13.8. The molecule has 0 saturated heterocycles. The second kappa shape index (κ2) is 6.77. The van der Waals surface area contributed by atoms with Gasteiger partial charge in [0.1, 0.15) is 15.7 Å². The van der Waals surface area contributed by atoms with Crippen LogP contribution in [0.1, 0.15) is 5.89 Å². The number of sulfonamides is 1. The number of oxazole rings is 1. The molecule has 0 saturated carbocycles. The van der Waals surface area contributed by atoms with Crippen LogP contribution in [0.5, 0.6) is 11.5 Å². The molecule has 3 rings (SSSR count). The number of thiophene rings is 1. The lowest BCUT2D eigenvalue weighted by molar-refractivity contribution is 0.405. The predicted molar refractivity (Wildman–Crippen MR) is 94.9 cm³/mol. The lowest BCUT2D eigenvalue weighted by Crippen LogP contribution is -2.12. The molecule has 0 amide bonds. The van der Waals surface area contributed by atoms with Gasteiger partial charge < -0.3 is 13.9 Å². The number of ether oxygens (including phenoxy) is 2. The fraction of sp³-hybridized carbons (Fsp3) is 0.188. The molecule has 0 aliphatic rings. The zero-order valence-corrected chi connectivity index (χ0v) is 15.4. The van der Waals surface area contributed by atoms with Gasteiger partial charge in [0.05, 0.1) is 31.0 Å². The van der Waals surface area contributed by atoms with E-state index in [1.807, 2.05) is 0 Å². The standard InChI is InChI=1S/C16H16N2O5S2/c1-10-17-9-14(23-10)15-6-7-16(24-15)25(19,20)18-12-8-11(21-2)4-5-13(12)22-3/h4-9,18H,1-3H3. The van der Waals surface area contributed by atoms with Gasteiger partial charge in [-0.15, -0.1) is 11.3 Å². The molecular formula is C16H16N2O5S2. The first-order valence-corrected chi connectivity index (χ1v) is 9.50. The molecule has 132 valence electrons. The van der Waals surface area contributed by atoms with E-state index < -0.39 is 10.0 Å². The van der Waals surface area contributed by atoms with Gasteiger partial charge >= 0.3 is 0 Å². The zero-order chi connectivity index (χ0) is 18.0. The number of hydrogen-bond acceptors (Lipinski definition) is 7. The number of methoxy groups -OCH3 is 2. The number of anilines is 1. The largest absolute Gasteiger partial charge is 0.497 e. The summed E-state index contributed by atoms with van der Waals surface area (Å²) in [5, 5.41) is 0. The third kappa shape index (κ3) is 3.62. The van der Waals surface area contributed by atoms with E-state index in [0.29, 0.717) is 33.7 Å². The van der Waals surface area contributed by atoms with Crippen molar-refractivity contribution >= 4 is 27.0 Å². The van der Waals surface area contributed by atoms with Crippen molar-refractivity contribution in [2.75, 3.05) is 18.9 Å². The monoisotopic (exact) mass is 380 g/mol. The van der Waals surface area contributed by atoms with Crippen LogP contribution in [0.15, 0.2) is 45.2 Å². The van der Waals surface area contributed by atoms with Crippen molar-refractivity contribution in [3.05, 3.63) is 42.4 Å². The highest BCUT2D eigenvalue weighted by Gasteiger charge is 2.20. The number of rotatable bonds is 6. The molecule has 2 heterocycles. The third-order valence-corrected chi connectivity index (χ3v) is 6.32. The van der Waals surface area contributed by atoms with Crippen molar-refractivity contribution in [3.8, 4) is 22.1 Å². The SMILES string of the molecule is COc1ccc(OC)c(NS(=O)(=O)c2ccc(-c3cnc(C)o3)s2)c1. The van der Waals surface area contributed by atoms with Crippen molar-refractivity contribution in [2.45, 2.75) is 11.1 Å². The van der Waals surface area contributed by atoms with Crippen LogP contribution in [-0.2, 0) is 10.0 Å². The highest BCUT2D eigenvalue weighted by Crippen LogP contribution is 2.34. The molecule has 3 aromatic rings. The molecule has 2 aromatic heterocycles. The van der Waals surface area contributed by atoms with E-state index in [-0.39, 0.29) is 4.21 Å². The summed E-state index contributed by atoms with van der Waals surface area (Å²) in [4.78, 5) is 4.70. The normalized spacial score (nSPS) is 11.3. The smallest absolute Gasteiger partial charge is 0.271 e. The average Bonchev–Trinajstić information content (AvgIpc) is 3.23. The Bertz CT molecular complexity index is 992. The minimum Gasteiger partial charge on any atom is -0.497 e. The fourth-order valence-electron chi connectivity index (χ4n) is 2.16. The van der Waals surface area contributed by atoms with E-state index in [2.05, 4.69) is 9.71 Å². The van der Waals surface area contributed by atoms with E-state index in [1.54, 1.807) is 37.4 Å². The maximum absolute atomic E-state index is 12.7. The van der Waals surface area contributed by atoms with Crippen LogP contribution < -0.4 is 14.2 Å². The molecule has 25 heavy (non-hydrogen) atoms. The summed E-state index contributed by atoms with van der Waals surface area (Å²) < 4.78 is 43.8. The molecule has 0 fully saturated rings. The average molecular weight is 380 g/mol. The number of aryl methyl sites for hydroxylation is 1. The number of nitrogens with one attached hydrogen (secondary N) is 1. The molecule has 7 nitrogen and oxygen atoms in total. The molecule has 9 heteroatoms.